The summed E-state index contributed by atoms with van der Waals surface area (Å²) < 4.78 is 0. The minimum absolute atomic E-state index is 0. The van der Waals surface area contributed by atoms with Crippen LogP contribution in [0.25, 0.3) is 0 Å². The van der Waals surface area contributed by atoms with E-state index in [1.807, 2.05) is 0 Å². The Bertz CT molecular complexity index is 381. The van der Waals surface area contributed by atoms with E-state index in [-0.39, 0.29) is 46.5 Å². The third-order valence-electron chi connectivity index (χ3n) is 4.42. The summed E-state index contributed by atoms with van der Waals surface area (Å²) in [6.45, 7) is 0. The van der Waals surface area contributed by atoms with Crippen molar-refractivity contribution in [1.82, 2.24) is 0 Å². The fourth-order valence-corrected chi connectivity index (χ4v) is 3.33. The average Bonchev–Trinajstić information content (AvgIpc) is 3.08. The molecule has 4 rings (SSSR count). The molecule has 3 heteroatoms. The number of hydrogen-bond acceptors (Lipinski definition) is 0. The van der Waals surface area contributed by atoms with Crippen LogP contribution in [0.4, 0.5) is 0 Å². The zero-order chi connectivity index (χ0) is 12.2. The first kappa shape index (κ1) is 21.0. The van der Waals surface area contributed by atoms with Crippen molar-refractivity contribution in [2.24, 2.45) is 11.8 Å². The molecule has 112 valence electrons. The van der Waals surface area contributed by atoms with Crippen LogP contribution in [-0.2, 0) is 21.7 Å². The predicted molar refractivity (Wildman–Crippen MR) is 77.7 cm³/mol. The summed E-state index contributed by atoms with van der Waals surface area (Å²) >= 11 is 0. The van der Waals surface area contributed by atoms with Gasteiger partial charge in [-0.25, -0.2) is 36.1 Å². The van der Waals surface area contributed by atoms with E-state index in [4.69, 9.17) is 0 Å². The second-order valence-electron chi connectivity index (χ2n) is 5.62. The summed E-state index contributed by atoms with van der Waals surface area (Å²) in [5.74, 6) is 1.77. The molecule has 0 heterocycles. The molecule has 0 radical (unpaired) electrons. The standard InChI is InChI=1S/2C9H11.2ClH.Ti/c2*1-2-5-9-7-3-6-8(9)4-1;;;/h2*1-2,4,6,9H,3,5,7H2;2*1H;/q2*-1;;;+4/p-2. The molecule has 0 aromatic carbocycles. The second-order valence-corrected chi connectivity index (χ2v) is 5.62. The molecular formula is C18H22Cl2Ti. The molecule has 0 bridgehead atoms. The van der Waals surface area contributed by atoms with Crippen molar-refractivity contribution in [3.05, 3.63) is 60.4 Å². The molecule has 2 unspecified atom stereocenters. The Labute approximate surface area is 156 Å². The van der Waals surface area contributed by atoms with Gasteiger partial charge in [0, 0.05) is 0 Å². The van der Waals surface area contributed by atoms with Crippen LogP contribution < -0.4 is 24.8 Å². The van der Waals surface area contributed by atoms with Crippen molar-refractivity contribution in [1.29, 1.82) is 0 Å². The Balaban J connectivity index is 0.000000333. The molecule has 2 atom stereocenters. The number of hydrogen-bond donors (Lipinski definition) is 0. The molecule has 0 nitrogen and oxygen atoms in total. The molecule has 0 aromatic rings. The van der Waals surface area contributed by atoms with Crippen molar-refractivity contribution in [3.63, 3.8) is 0 Å². The van der Waals surface area contributed by atoms with Gasteiger partial charge in [0.2, 0.25) is 0 Å². The van der Waals surface area contributed by atoms with Gasteiger partial charge in [-0.3, -0.25) is 0 Å². The first-order valence-corrected chi connectivity index (χ1v) is 7.33. The van der Waals surface area contributed by atoms with Gasteiger partial charge in [0.05, 0.1) is 0 Å². The van der Waals surface area contributed by atoms with Crippen LogP contribution in [0.1, 0.15) is 38.5 Å². The molecule has 0 N–H and O–H groups in total. The summed E-state index contributed by atoms with van der Waals surface area (Å²) in [6, 6.07) is 0. The second kappa shape index (κ2) is 10.7. The van der Waals surface area contributed by atoms with Crippen LogP contribution in [0.5, 0.6) is 0 Å². The summed E-state index contributed by atoms with van der Waals surface area (Å²) in [6.07, 6.45) is 26.1. The normalized spacial score (nSPS) is 26.7. The number of fused-ring (bicyclic) bond motifs is 2. The fraction of sp³-hybridized carbons (Fsp3) is 0.444. The van der Waals surface area contributed by atoms with Crippen LogP contribution >= 0.6 is 0 Å². The minimum atomic E-state index is 0. The third-order valence-corrected chi connectivity index (χ3v) is 4.42. The summed E-state index contributed by atoms with van der Waals surface area (Å²) in [5, 5.41) is 0. The van der Waals surface area contributed by atoms with Gasteiger partial charge in [-0.05, 0) is 24.7 Å². The first-order valence-electron chi connectivity index (χ1n) is 7.33. The molecule has 0 spiro atoms. The average molecular weight is 357 g/mol. The smallest absolute Gasteiger partial charge is 1.00 e. The maximum absolute atomic E-state index is 2.37. The van der Waals surface area contributed by atoms with E-state index in [2.05, 4.69) is 49.3 Å². The van der Waals surface area contributed by atoms with Crippen LogP contribution in [0, 0.1) is 24.7 Å². The Kier molecular flexibility index (Phi) is 10.7. The van der Waals surface area contributed by atoms with Crippen molar-refractivity contribution in [2.75, 3.05) is 0 Å². The molecule has 2 fully saturated rings. The van der Waals surface area contributed by atoms with E-state index in [1.165, 1.54) is 38.5 Å². The number of halogens is 2. The van der Waals surface area contributed by atoms with Gasteiger partial charge in [-0.1, -0.05) is 12.8 Å². The van der Waals surface area contributed by atoms with Gasteiger partial charge in [-0.15, -0.1) is 37.1 Å². The Morgan fingerprint density at radius 3 is 1.57 bits per heavy atom. The van der Waals surface area contributed by atoms with Crippen molar-refractivity contribution < 1.29 is 46.5 Å². The van der Waals surface area contributed by atoms with Gasteiger partial charge in [-0.2, -0.15) is 0 Å². The largest absolute Gasteiger partial charge is 4.00 e. The summed E-state index contributed by atoms with van der Waals surface area (Å²) in [7, 11) is 0. The van der Waals surface area contributed by atoms with E-state index in [9.17, 15) is 0 Å². The molecule has 2 saturated carbocycles. The van der Waals surface area contributed by atoms with Crippen molar-refractivity contribution in [3.8, 4) is 0 Å². The zero-order valence-corrected chi connectivity index (χ0v) is 15.3. The zero-order valence-electron chi connectivity index (χ0n) is 12.3. The third kappa shape index (κ3) is 5.60. The van der Waals surface area contributed by atoms with Gasteiger partial charge in [0.25, 0.3) is 0 Å². The van der Waals surface area contributed by atoms with E-state index in [0.717, 1.165) is 11.8 Å². The molecule has 21 heavy (non-hydrogen) atoms. The first-order chi connectivity index (χ1) is 8.93. The topological polar surface area (TPSA) is 0 Å². The van der Waals surface area contributed by atoms with Crippen LogP contribution in [0.15, 0.2) is 47.6 Å². The van der Waals surface area contributed by atoms with Gasteiger partial charge >= 0.3 is 21.7 Å². The Morgan fingerprint density at radius 2 is 1.19 bits per heavy atom. The quantitative estimate of drug-likeness (QED) is 0.385. The molecule has 0 amide bonds. The molecule has 0 aliphatic heterocycles. The van der Waals surface area contributed by atoms with E-state index < -0.39 is 0 Å². The summed E-state index contributed by atoms with van der Waals surface area (Å²) in [4.78, 5) is 0. The van der Waals surface area contributed by atoms with E-state index in [0.29, 0.717) is 0 Å². The van der Waals surface area contributed by atoms with Crippen LogP contribution in [0.3, 0.4) is 0 Å². The molecule has 4 aliphatic rings. The molecule has 4 aliphatic carbocycles. The maximum atomic E-state index is 2.37. The predicted octanol–water partition coefficient (Wildman–Crippen LogP) is -1.02. The molecule has 0 saturated heterocycles. The van der Waals surface area contributed by atoms with Crippen LogP contribution in [-0.4, -0.2) is 0 Å². The van der Waals surface area contributed by atoms with Crippen molar-refractivity contribution >= 4 is 0 Å². The van der Waals surface area contributed by atoms with Crippen LogP contribution in [0.2, 0.25) is 0 Å². The number of rotatable bonds is 0. The minimum Gasteiger partial charge on any atom is -1.00 e. The van der Waals surface area contributed by atoms with E-state index >= 15 is 0 Å². The fourth-order valence-electron chi connectivity index (χ4n) is 3.33. The Hall–Kier alpha value is -0.00571. The molecule has 0 aromatic heterocycles. The number of allylic oxidation sites excluding steroid dienone is 8. The van der Waals surface area contributed by atoms with E-state index in [1.54, 1.807) is 11.1 Å². The van der Waals surface area contributed by atoms with Gasteiger partial charge < -0.3 is 24.8 Å². The van der Waals surface area contributed by atoms with Gasteiger partial charge in [0.15, 0.2) is 0 Å². The van der Waals surface area contributed by atoms with Crippen molar-refractivity contribution in [2.45, 2.75) is 38.5 Å². The maximum Gasteiger partial charge on any atom is 4.00 e. The molecular weight excluding hydrogens is 335 g/mol. The van der Waals surface area contributed by atoms with Gasteiger partial charge in [0.1, 0.15) is 0 Å². The Morgan fingerprint density at radius 1 is 0.762 bits per heavy atom. The SMILES string of the molecule is C1=CCC2CC[CH-]C2=C1.C1=CCC2CC[CH-]C2=C1.[Cl-].[Cl-].[Ti+4]. The summed E-state index contributed by atoms with van der Waals surface area (Å²) in [5.41, 5.74) is 3.16. The monoisotopic (exact) mass is 356 g/mol.